The van der Waals surface area contributed by atoms with Crippen LogP contribution in [0.1, 0.15) is 35.5 Å². The van der Waals surface area contributed by atoms with Gasteiger partial charge in [-0.15, -0.1) is 11.3 Å². The molecule has 2 aromatic heterocycles. The first-order valence-corrected chi connectivity index (χ1v) is 9.80. The van der Waals surface area contributed by atoms with Crippen molar-refractivity contribution in [2.45, 2.75) is 45.4 Å². The Morgan fingerprint density at radius 1 is 1.33 bits per heavy atom. The Hall–Kier alpha value is -1.30. The molecule has 0 N–H and O–H groups in total. The van der Waals surface area contributed by atoms with Crippen molar-refractivity contribution in [3.8, 4) is 0 Å². The molecule has 5 heteroatoms. The van der Waals surface area contributed by atoms with Gasteiger partial charge in [-0.1, -0.05) is 12.5 Å². The second-order valence-electron chi connectivity index (χ2n) is 7.12. The molecule has 0 aromatic carbocycles. The van der Waals surface area contributed by atoms with Crippen molar-refractivity contribution in [1.82, 2.24) is 14.9 Å². The zero-order valence-electron chi connectivity index (χ0n) is 14.2. The zero-order chi connectivity index (χ0) is 16.4. The average molecular weight is 343 g/mol. The molecule has 4 nitrogen and oxygen atoms in total. The summed E-state index contributed by atoms with van der Waals surface area (Å²) in [6.07, 6.45) is 7.96. The van der Waals surface area contributed by atoms with Crippen LogP contribution >= 0.6 is 11.3 Å². The lowest BCUT2D eigenvalue weighted by molar-refractivity contribution is -0.0296. The van der Waals surface area contributed by atoms with Crippen LogP contribution in [-0.4, -0.2) is 34.1 Å². The van der Waals surface area contributed by atoms with E-state index in [0.717, 1.165) is 19.0 Å². The summed E-state index contributed by atoms with van der Waals surface area (Å²) in [7, 11) is 0. The molecule has 128 valence electrons. The lowest BCUT2D eigenvalue weighted by Gasteiger charge is -2.33. The first-order valence-electron chi connectivity index (χ1n) is 8.92. The van der Waals surface area contributed by atoms with Gasteiger partial charge in [0.25, 0.3) is 0 Å². The van der Waals surface area contributed by atoms with Crippen molar-refractivity contribution >= 4 is 11.3 Å². The largest absolute Gasteiger partial charge is 0.373 e. The van der Waals surface area contributed by atoms with E-state index in [1.165, 1.54) is 42.1 Å². The SMILES string of the molecule is Cc1nc(CN2C[C@@H]3CCC[C@H](OCc4cccnc4)[C@H]3C2)cs1. The summed E-state index contributed by atoms with van der Waals surface area (Å²) in [4.78, 5) is 11.4. The second kappa shape index (κ2) is 7.30. The van der Waals surface area contributed by atoms with Crippen molar-refractivity contribution < 1.29 is 4.74 Å². The lowest BCUT2D eigenvalue weighted by atomic mass is 9.79. The van der Waals surface area contributed by atoms with Crippen LogP contribution in [0.3, 0.4) is 0 Å². The van der Waals surface area contributed by atoms with Gasteiger partial charge < -0.3 is 4.74 Å². The summed E-state index contributed by atoms with van der Waals surface area (Å²) in [5, 5.41) is 3.37. The number of likely N-dealkylation sites (tertiary alicyclic amines) is 1. The maximum absolute atomic E-state index is 6.31. The molecule has 1 aliphatic carbocycles. The quantitative estimate of drug-likeness (QED) is 0.830. The Morgan fingerprint density at radius 3 is 3.08 bits per heavy atom. The molecular weight excluding hydrogens is 318 g/mol. The van der Waals surface area contributed by atoms with Gasteiger partial charge in [0.2, 0.25) is 0 Å². The Labute approximate surface area is 147 Å². The normalized spacial score (nSPS) is 27.3. The summed E-state index contributed by atoms with van der Waals surface area (Å²) in [6, 6.07) is 4.08. The molecule has 3 atom stereocenters. The number of aryl methyl sites for hydroxylation is 1. The van der Waals surface area contributed by atoms with Gasteiger partial charge in [-0.05, 0) is 37.3 Å². The molecule has 0 amide bonds. The number of pyridine rings is 1. The molecule has 1 saturated carbocycles. The van der Waals surface area contributed by atoms with E-state index >= 15 is 0 Å². The van der Waals surface area contributed by atoms with E-state index < -0.39 is 0 Å². The number of hydrogen-bond donors (Lipinski definition) is 0. The van der Waals surface area contributed by atoms with Gasteiger partial charge in [0.1, 0.15) is 0 Å². The minimum Gasteiger partial charge on any atom is -0.373 e. The fourth-order valence-electron chi connectivity index (χ4n) is 4.24. The Balaban J connectivity index is 1.35. The Morgan fingerprint density at radius 2 is 2.29 bits per heavy atom. The number of nitrogens with zero attached hydrogens (tertiary/aromatic N) is 3. The smallest absolute Gasteiger partial charge is 0.0897 e. The minimum absolute atomic E-state index is 0.395. The number of hydrogen-bond acceptors (Lipinski definition) is 5. The van der Waals surface area contributed by atoms with Crippen LogP contribution in [0, 0.1) is 18.8 Å². The van der Waals surface area contributed by atoms with Crippen molar-refractivity contribution in [1.29, 1.82) is 0 Å². The lowest BCUT2D eigenvalue weighted by Crippen LogP contribution is -2.33. The van der Waals surface area contributed by atoms with E-state index in [9.17, 15) is 0 Å². The third-order valence-electron chi connectivity index (χ3n) is 5.35. The molecule has 1 saturated heterocycles. The van der Waals surface area contributed by atoms with Crippen LogP contribution in [0.25, 0.3) is 0 Å². The monoisotopic (exact) mass is 343 g/mol. The highest BCUT2D eigenvalue weighted by Crippen LogP contribution is 2.38. The van der Waals surface area contributed by atoms with Crippen LogP contribution in [0.2, 0.25) is 0 Å². The van der Waals surface area contributed by atoms with Gasteiger partial charge in [-0.2, -0.15) is 0 Å². The van der Waals surface area contributed by atoms with Crippen molar-refractivity contribution in [2.75, 3.05) is 13.1 Å². The molecule has 24 heavy (non-hydrogen) atoms. The highest BCUT2D eigenvalue weighted by Gasteiger charge is 2.40. The van der Waals surface area contributed by atoms with E-state index in [1.807, 2.05) is 18.5 Å². The predicted molar refractivity (Wildman–Crippen MR) is 95.8 cm³/mol. The van der Waals surface area contributed by atoms with Crippen LogP contribution < -0.4 is 0 Å². The Bertz CT molecular complexity index is 660. The zero-order valence-corrected chi connectivity index (χ0v) is 15.0. The Kier molecular flexibility index (Phi) is 4.92. The fourth-order valence-corrected chi connectivity index (χ4v) is 4.85. The topological polar surface area (TPSA) is 38.2 Å². The second-order valence-corrected chi connectivity index (χ2v) is 8.18. The average Bonchev–Trinajstić information content (AvgIpc) is 3.20. The van der Waals surface area contributed by atoms with Gasteiger partial charge in [0, 0.05) is 43.3 Å². The van der Waals surface area contributed by atoms with Gasteiger partial charge in [0.05, 0.1) is 23.4 Å². The van der Waals surface area contributed by atoms with E-state index in [-0.39, 0.29) is 0 Å². The number of ether oxygens (including phenoxy) is 1. The molecule has 2 aromatic rings. The van der Waals surface area contributed by atoms with Crippen LogP contribution in [0.15, 0.2) is 29.9 Å². The highest BCUT2D eigenvalue weighted by molar-refractivity contribution is 7.09. The summed E-state index contributed by atoms with van der Waals surface area (Å²) in [5.41, 5.74) is 2.40. The first kappa shape index (κ1) is 16.2. The molecule has 0 spiro atoms. The summed E-state index contributed by atoms with van der Waals surface area (Å²) in [5.74, 6) is 1.47. The van der Waals surface area contributed by atoms with E-state index in [0.29, 0.717) is 18.6 Å². The van der Waals surface area contributed by atoms with E-state index in [2.05, 4.69) is 33.2 Å². The highest BCUT2D eigenvalue weighted by atomic mass is 32.1. The molecule has 2 aliphatic rings. The molecule has 0 radical (unpaired) electrons. The van der Waals surface area contributed by atoms with Gasteiger partial charge in [0.15, 0.2) is 0 Å². The van der Waals surface area contributed by atoms with E-state index in [1.54, 1.807) is 11.3 Å². The molecule has 3 heterocycles. The predicted octanol–water partition coefficient (Wildman–Crippen LogP) is 3.66. The number of aromatic nitrogens is 2. The van der Waals surface area contributed by atoms with Crippen molar-refractivity contribution in [3.05, 3.63) is 46.2 Å². The van der Waals surface area contributed by atoms with E-state index in [4.69, 9.17) is 4.74 Å². The summed E-state index contributed by atoms with van der Waals surface area (Å²) < 4.78 is 6.31. The van der Waals surface area contributed by atoms with Crippen LogP contribution in [0.5, 0.6) is 0 Å². The summed E-state index contributed by atoms with van der Waals surface area (Å²) >= 11 is 1.75. The maximum Gasteiger partial charge on any atom is 0.0897 e. The minimum atomic E-state index is 0.395. The molecule has 0 unspecified atom stereocenters. The van der Waals surface area contributed by atoms with Gasteiger partial charge >= 0.3 is 0 Å². The molecule has 2 fully saturated rings. The molecule has 1 aliphatic heterocycles. The standard InChI is InChI=1S/C19H25N3OS/c1-14-21-17(13-24-14)10-22-9-16-5-2-6-19(18(16)11-22)23-12-15-4-3-7-20-8-15/h3-4,7-8,13,16,18-19H,2,5-6,9-12H2,1H3/t16-,18-,19-/m0/s1. The molecule has 0 bridgehead atoms. The number of thiazole rings is 1. The first-order chi connectivity index (χ1) is 11.8. The third kappa shape index (κ3) is 3.68. The van der Waals surface area contributed by atoms with Crippen molar-refractivity contribution in [2.24, 2.45) is 11.8 Å². The maximum atomic E-state index is 6.31. The number of rotatable bonds is 5. The molecular formula is C19H25N3OS. The van der Waals surface area contributed by atoms with Crippen LogP contribution in [0.4, 0.5) is 0 Å². The van der Waals surface area contributed by atoms with Gasteiger partial charge in [-0.3, -0.25) is 9.88 Å². The number of fused-ring (bicyclic) bond motifs is 1. The third-order valence-corrected chi connectivity index (χ3v) is 6.17. The van der Waals surface area contributed by atoms with Crippen LogP contribution in [-0.2, 0) is 17.9 Å². The van der Waals surface area contributed by atoms with Gasteiger partial charge in [-0.25, -0.2) is 4.98 Å². The van der Waals surface area contributed by atoms with Crippen molar-refractivity contribution in [3.63, 3.8) is 0 Å². The fraction of sp³-hybridized carbons (Fsp3) is 0.579. The molecule has 4 rings (SSSR count). The summed E-state index contributed by atoms with van der Waals surface area (Å²) in [6.45, 7) is 6.12.